The van der Waals surface area contributed by atoms with E-state index in [-0.39, 0.29) is 23.3 Å². The molecule has 2 aliphatic carbocycles. The summed E-state index contributed by atoms with van der Waals surface area (Å²) < 4.78 is 10.8. The van der Waals surface area contributed by atoms with Crippen LogP contribution in [0.15, 0.2) is 0 Å². The van der Waals surface area contributed by atoms with E-state index in [4.69, 9.17) is 9.47 Å². The van der Waals surface area contributed by atoms with Crippen molar-refractivity contribution in [2.75, 3.05) is 39.3 Å². The van der Waals surface area contributed by atoms with E-state index in [1.807, 2.05) is 51.3 Å². The zero-order valence-electron chi connectivity index (χ0n) is 19.6. The van der Waals surface area contributed by atoms with E-state index in [9.17, 15) is 9.59 Å². The summed E-state index contributed by atoms with van der Waals surface area (Å²) in [6.07, 6.45) is 4.14. The van der Waals surface area contributed by atoms with Crippen LogP contribution in [-0.4, -0.2) is 83.5 Å². The number of hydrogen-bond acceptors (Lipinski definition) is 6. The van der Waals surface area contributed by atoms with Crippen LogP contribution in [0.4, 0.5) is 9.59 Å². The first-order chi connectivity index (χ1) is 13.9. The molecule has 0 radical (unpaired) electrons. The summed E-state index contributed by atoms with van der Waals surface area (Å²) in [5.41, 5.74) is -0.614. The molecule has 4 fully saturated rings. The third-order valence-corrected chi connectivity index (χ3v) is 5.96. The molecule has 0 unspecified atom stereocenters. The highest BCUT2D eigenvalue weighted by atomic mass is 16.6. The Balaban J connectivity index is 0.000000171. The SMILES string of the molecule is CC(C)(C)OC(=O)N1CCNCC12CC2.CC(C)(C)OC(=O)N1CCNCC12CC2. The standard InChI is InChI=1S/2C11H20N2O2/c2*1-10(2,3)15-9(14)13-7-6-12-8-11(13)4-5-11/h2*12H,4-8H2,1-3H3. The monoisotopic (exact) mass is 424 g/mol. The Morgan fingerprint density at radius 1 is 0.700 bits per heavy atom. The van der Waals surface area contributed by atoms with Crippen LogP contribution in [0, 0.1) is 0 Å². The molecule has 2 N–H and O–H groups in total. The first-order valence-electron chi connectivity index (χ1n) is 11.3. The number of amides is 2. The van der Waals surface area contributed by atoms with E-state index in [1.54, 1.807) is 0 Å². The molecule has 0 bridgehead atoms. The molecule has 8 heteroatoms. The van der Waals surface area contributed by atoms with E-state index in [2.05, 4.69) is 10.6 Å². The average Bonchev–Trinajstić information content (AvgIpc) is 3.53. The maximum atomic E-state index is 11.9. The molecular formula is C22H40N4O4. The molecule has 8 nitrogen and oxygen atoms in total. The highest BCUT2D eigenvalue weighted by Gasteiger charge is 2.53. The molecule has 0 aromatic carbocycles. The third kappa shape index (κ3) is 5.78. The van der Waals surface area contributed by atoms with Crippen LogP contribution in [0.1, 0.15) is 67.2 Å². The van der Waals surface area contributed by atoms with Gasteiger partial charge in [-0.3, -0.25) is 9.80 Å². The molecule has 2 saturated heterocycles. The predicted molar refractivity (Wildman–Crippen MR) is 116 cm³/mol. The molecule has 172 valence electrons. The molecule has 2 aliphatic heterocycles. The van der Waals surface area contributed by atoms with Crippen molar-refractivity contribution in [3.05, 3.63) is 0 Å². The van der Waals surface area contributed by atoms with Gasteiger partial charge < -0.3 is 20.1 Å². The van der Waals surface area contributed by atoms with Gasteiger partial charge in [0.2, 0.25) is 0 Å². The smallest absolute Gasteiger partial charge is 0.410 e. The molecule has 0 aromatic heterocycles. The van der Waals surface area contributed by atoms with E-state index >= 15 is 0 Å². The van der Waals surface area contributed by atoms with E-state index < -0.39 is 11.2 Å². The largest absolute Gasteiger partial charge is 0.444 e. The first kappa shape index (κ1) is 23.1. The predicted octanol–water partition coefficient (Wildman–Crippen LogP) is 2.72. The average molecular weight is 425 g/mol. The summed E-state index contributed by atoms with van der Waals surface area (Å²) >= 11 is 0. The number of ether oxygens (including phenoxy) is 2. The molecule has 4 rings (SSSR count). The lowest BCUT2D eigenvalue weighted by Gasteiger charge is -2.37. The highest BCUT2D eigenvalue weighted by molar-refractivity contribution is 5.70. The van der Waals surface area contributed by atoms with Crippen LogP contribution in [0.2, 0.25) is 0 Å². The van der Waals surface area contributed by atoms with Crippen molar-refractivity contribution in [3.63, 3.8) is 0 Å². The lowest BCUT2D eigenvalue weighted by molar-refractivity contribution is 0.00734. The fourth-order valence-electron chi connectivity index (χ4n) is 4.07. The van der Waals surface area contributed by atoms with Crippen molar-refractivity contribution < 1.29 is 19.1 Å². The van der Waals surface area contributed by atoms with Crippen molar-refractivity contribution in [2.45, 2.75) is 89.5 Å². The molecule has 2 heterocycles. The lowest BCUT2D eigenvalue weighted by atomic mass is 10.1. The number of piperazine rings is 2. The Morgan fingerprint density at radius 3 is 1.30 bits per heavy atom. The van der Waals surface area contributed by atoms with Gasteiger partial charge in [0.05, 0.1) is 11.1 Å². The maximum Gasteiger partial charge on any atom is 0.410 e. The van der Waals surface area contributed by atoms with Crippen LogP contribution in [0.25, 0.3) is 0 Å². The van der Waals surface area contributed by atoms with Gasteiger partial charge in [-0.05, 0) is 67.2 Å². The lowest BCUT2D eigenvalue weighted by Crippen LogP contribution is -2.56. The van der Waals surface area contributed by atoms with Crippen molar-refractivity contribution in [1.29, 1.82) is 0 Å². The van der Waals surface area contributed by atoms with Gasteiger partial charge in [0.1, 0.15) is 11.2 Å². The van der Waals surface area contributed by atoms with Crippen LogP contribution in [0.5, 0.6) is 0 Å². The van der Waals surface area contributed by atoms with Gasteiger partial charge in [-0.1, -0.05) is 0 Å². The molecule has 2 amide bonds. The van der Waals surface area contributed by atoms with Crippen molar-refractivity contribution >= 4 is 12.2 Å². The number of nitrogens with zero attached hydrogens (tertiary/aromatic N) is 2. The minimum atomic E-state index is -0.391. The van der Waals surface area contributed by atoms with E-state index in [0.29, 0.717) is 0 Å². The topological polar surface area (TPSA) is 83.1 Å². The van der Waals surface area contributed by atoms with Crippen molar-refractivity contribution in [2.24, 2.45) is 0 Å². The number of carbonyl (C=O) groups is 2. The van der Waals surface area contributed by atoms with Gasteiger partial charge in [0, 0.05) is 39.3 Å². The first-order valence-corrected chi connectivity index (χ1v) is 11.3. The fraction of sp³-hybridized carbons (Fsp3) is 0.909. The minimum Gasteiger partial charge on any atom is -0.444 e. The molecule has 0 aromatic rings. The normalized spacial score (nSPS) is 24.1. The van der Waals surface area contributed by atoms with Crippen molar-refractivity contribution in [3.8, 4) is 0 Å². The second kappa shape index (κ2) is 8.19. The van der Waals surface area contributed by atoms with Gasteiger partial charge in [-0.25, -0.2) is 9.59 Å². The Morgan fingerprint density at radius 2 is 1.03 bits per heavy atom. The number of rotatable bonds is 0. The zero-order valence-corrected chi connectivity index (χ0v) is 19.6. The van der Waals surface area contributed by atoms with Gasteiger partial charge >= 0.3 is 12.2 Å². The summed E-state index contributed by atoms with van der Waals surface area (Å²) in [4.78, 5) is 27.7. The van der Waals surface area contributed by atoms with Gasteiger partial charge in [-0.2, -0.15) is 0 Å². The van der Waals surface area contributed by atoms with Gasteiger partial charge in [0.15, 0.2) is 0 Å². The third-order valence-electron chi connectivity index (χ3n) is 5.96. The number of carbonyl (C=O) groups excluding carboxylic acids is 2. The van der Waals surface area contributed by atoms with E-state index in [1.165, 1.54) is 0 Å². The minimum absolute atomic E-state index is 0.0839. The molecule has 4 aliphatic rings. The fourth-order valence-corrected chi connectivity index (χ4v) is 4.07. The maximum absolute atomic E-state index is 11.9. The van der Waals surface area contributed by atoms with E-state index in [0.717, 1.165) is 65.0 Å². The summed E-state index contributed by atoms with van der Waals surface area (Å²) in [5.74, 6) is 0. The highest BCUT2D eigenvalue weighted by Crippen LogP contribution is 2.43. The molecule has 2 spiro atoms. The van der Waals surface area contributed by atoms with Crippen LogP contribution < -0.4 is 10.6 Å². The molecule has 2 saturated carbocycles. The molecule has 0 atom stereocenters. The van der Waals surface area contributed by atoms with Crippen molar-refractivity contribution in [1.82, 2.24) is 20.4 Å². The quantitative estimate of drug-likeness (QED) is 0.622. The summed E-state index contributed by atoms with van der Waals surface area (Å²) in [7, 11) is 0. The Labute approximate surface area is 181 Å². The second-order valence-electron chi connectivity index (χ2n) is 11.1. The Bertz CT molecular complexity index is 589. The molecular weight excluding hydrogens is 384 g/mol. The second-order valence-corrected chi connectivity index (χ2v) is 11.1. The Kier molecular flexibility index (Phi) is 6.31. The van der Waals surface area contributed by atoms with Gasteiger partial charge in [0.25, 0.3) is 0 Å². The molecule has 30 heavy (non-hydrogen) atoms. The zero-order chi connectivity index (χ0) is 22.2. The summed E-state index contributed by atoms with van der Waals surface area (Å²) in [5, 5.41) is 6.67. The number of hydrogen-bond donors (Lipinski definition) is 2. The van der Waals surface area contributed by atoms with Crippen LogP contribution in [-0.2, 0) is 9.47 Å². The Hall–Kier alpha value is -1.54. The summed E-state index contributed by atoms with van der Waals surface area (Å²) in [6, 6.07) is 0. The summed E-state index contributed by atoms with van der Waals surface area (Å²) in [6.45, 7) is 16.6. The van der Waals surface area contributed by atoms with Crippen LogP contribution >= 0.6 is 0 Å². The number of nitrogens with one attached hydrogen (secondary N) is 2. The van der Waals surface area contributed by atoms with Crippen LogP contribution in [0.3, 0.4) is 0 Å². The van der Waals surface area contributed by atoms with Gasteiger partial charge in [-0.15, -0.1) is 0 Å².